The third-order valence-corrected chi connectivity index (χ3v) is 4.10. The molecule has 4 nitrogen and oxygen atoms in total. The molecule has 4 heteroatoms. The van der Waals surface area contributed by atoms with Gasteiger partial charge in [0.15, 0.2) is 11.5 Å². The molecule has 2 heterocycles. The molecule has 1 aromatic heterocycles. The summed E-state index contributed by atoms with van der Waals surface area (Å²) in [5.41, 5.74) is 1.85. The minimum Gasteiger partial charge on any atom is -0.483 e. The summed E-state index contributed by atoms with van der Waals surface area (Å²) < 4.78 is 12.1. The molecule has 1 aliphatic heterocycles. The molecule has 0 N–H and O–H groups in total. The molecule has 0 radical (unpaired) electrons. The molecule has 4 rings (SSSR count). The van der Waals surface area contributed by atoms with Crippen LogP contribution >= 0.6 is 0 Å². The highest BCUT2D eigenvalue weighted by atomic mass is 16.5. The van der Waals surface area contributed by atoms with Crippen molar-refractivity contribution in [1.29, 1.82) is 0 Å². The number of nitrogens with zero attached hydrogens (tertiary/aromatic N) is 2. The highest BCUT2D eigenvalue weighted by Crippen LogP contribution is 2.43. The molecule has 0 unspecified atom stereocenters. The Kier molecular flexibility index (Phi) is 3.01. The van der Waals surface area contributed by atoms with Crippen LogP contribution in [0.3, 0.4) is 0 Å². The predicted molar refractivity (Wildman–Crippen MR) is 89.2 cm³/mol. The lowest BCUT2D eigenvalue weighted by Gasteiger charge is -2.18. The maximum Gasteiger partial charge on any atom is 0.246 e. The van der Waals surface area contributed by atoms with E-state index in [0.29, 0.717) is 11.6 Å². The molecular formula is C19H18N2O2. The Balaban J connectivity index is 1.79. The van der Waals surface area contributed by atoms with E-state index in [2.05, 4.69) is 30.1 Å². The lowest BCUT2D eigenvalue weighted by Crippen LogP contribution is -2.24. The fourth-order valence-electron chi connectivity index (χ4n) is 3.06. The van der Waals surface area contributed by atoms with Gasteiger partial charge in [-0.2, -0.15) is 5.10 Å². The average Bonchev–Trinajstić information content (AvgIpc) is 2.85. The first-order valence-electron chi connectivity index (χ1n) is 7.74. The van der Waals surface area contributed by atoms with Crippen LogP contribution in [0.15, 0.2) is 42.5 Å². The molecule has 0 saturated heterocycles. The molecule has 0 amide bonds. The number of para-hydroxylation sites is 1. The number of hydrogen-bond donors (Lipinski definition) is 0. The minimum absolute atomic E-state index is 0.206. The third kappa shape index (κ3) is 2.40. The standard InChI is InChI=1S/C19H18N2O2/c1-12-14-8-4-5-9-15(14)18(21-20-12)22-16-10-6-7-13-11-19(2,3)23-17(13)16/h4-10H,11H2,1-3H3. The molecule has 3 aromatic rings. The van der Waals surface area contributed by atoms with Crippen LogP contribution in [0, 0.1) is 6.92 Å². The van der Waals surface area contributed by atoms with Crippen molar-refractivity contribution in [1.82, 2.24) is 10.2 Å². The van der Waals surface area contributed by atoms with E-state index in [4.69, 9.17) is 9.47 Å². The number of fused-ring (bicyclic) bond motifs is 2. The minimum atomic E-state index is -0.206. The van der Waals surface area contributed by atoms with Crippen molar-refractivity contribution in [3.63, 3.8) is 0 Å². The summed E-state index contributed by atoms with van der Waals surface area (Å²) >= 11 is 0. The predicted octanol–water partition coefficient (Wildman–Crippen LogP) is 4.44. The summed E-state index contributed by atoms with van der Waals surface area (Å²) in [4.78, 5) is 0. The molecule has 0 spiro atoms. The van der Waals surface area contributed by atoms with Gasteiger partial charge in [0, 0.05) is 22.8 Å². The zero-order valence-electron chi connectivity index (χ0n) is 13.5. The van der Waals surface area contributed by atoms with Gasteiger partial charge in [-0.05, 0) is 32.9 Å². The van der Waals surface area contributed by atoms with E-state index < -0.39 is 0 Å². The van der Waals surface area contributed by atoms with E-state index in [-0.39, 0.29) is 5.60 Å². The largest absolute Gasteiger partial charge is 0.483 e. The van der Waals surface area contributed by atoms with Gasteiger partial charge >= 0.3 is 0 Å². The number of ether oxygens (including phenoxy) is 2. The van der Waals surface area contributed by atoms with E-state index in [9.17, 15) is 0 Å². The summed E-state index contributed by atoms with van der Waals surface area (Å²) in [7, 11) is 0. The lowest BCUT2D eigenvalue weighted by atomic mass is 10.0. The van der Waals surface area contributed by atoms with Gasteiger partial charge in [-0.25, -0.2) is 0 Å². The number of rotatable bonds is 2. The Morgan fingerprint density at radius 1 is 1.00 bits per heavy atom. The summed E-state index contributed by atoms with van der Waals surface area (Å²) in [6, 6.07) is 14.0. The number of aryl methyl sites for hydroxylation is 1. The summed E-state index contributed by atoms with van der Waals surface area (Å²) in [6.07, 6.45) is 0.875. The van der Waals surface area contributed by atoms with Crippen LogP contribution in [0.1, 0.15) is 25.1 Å². The molecule has 0 atom stereocenters. The Morgan fingerprint density at radius 2 is 1.78 bits per heavy atom. The molecule has 23 heavy (non-hydrogen) atoms. The van der Waals surface area contributed by atoms with Gasteiger partial charge in [0.25, 0.3) is 0 Å². The summed E-state index contributed by atoms with van der Waals surface area (Å²) in [5.74, 6) is 2.01. The van der Waals surface area contributed by atoms with Crippen molar-refractivity contribution in [2.45, 2.75) is 32.8 Å². The zero-order valence-corrected chi connectivity index (χ0v) is 13.5. The van der Waals surface area contributed by atoms with E-state index in [1.807, 2.05) is 43.3 Å². The fraction of sp³-hybridized carbons (Fsp3) is 0.263. The smallest absolute Gasteiger partial charge is 0.246 e. The van der Waals surface area contributed by atoms with E-state index in [0.717, 1.165) is 34.2 Å². The van der Waals surface area contributed by atoms with E-state index in [1.54, 1.807) is 0 Å². The number of benzene rings is 2. The quantitative estimate of drug-likeness (QED) is 0.702. The van der Waals surface area contributed by atoms with Crippen molar-refractivity contribution >= 4 is 10.8 Å². The fourth-order valence-corrected chi connectivity index (χ4v) is 3.06. The molecule has 0 fully saturated rings. The first-order chi connectivity index (χ1) is 11.0. The molecule has 0 bridgehead atoms. The Hall–Kier alpha value is -2.62. The molecule has 116 valence electrons. The second-order valence-corrected chi connectivity index (χ2v) is 6.52. The van der Waals surface area contributed by atoms with E-state index in [1.165, 1.54) is 0 Å². The van der Waals surface area contributed by atoms with Crippen LogP contribution in [0.5, 0.6) is 17.4 Å². The second kappa shape index (κ2) is 4.95. The second-order valence-electron chi connectivity index (χ2n) is 6.52. The normalized spacial score (nSPS) is 15.3. The zero-order chi connectivity index (χ0) is 16.0. The van der Waals surface area contributed by atoms with Gasteiger partial charge in [0.2, 0.25) is 5.88 Å². The monoisotopic (exact) mass is 306 g/mol. The number of hydrogen-bond acceptors (Lipinski definition) is 4. The molecule has 1 aliphatic rings. The van der Waals surface area contributed by atoms with Gasteiger partial charge in [-0.15, -0.1) is 5.10 Å². The first kappa shape index (κ1) is 14.0. The van der Waals surface area contributed by atoms with Crippen LogP contribution in [-0.2, 0) is 6.42 Å². The van der Waals surface area contributed by atoms with Crippen molar-refractivity contribution < 1.29 is 9.47 Å². The van der Waals surface area contributed by atoms with Gasteiger partial charge < -0.3 is 9.47 Å². The van der Waals surface area contributed by atoms with Crippen molar-refractivity contribution in [2.24, 2.45) is 0 Å². The van der Waals surface area contributed by atoms with Crippen molar-refractivity contribution in [3.05, 3.63) is 53.7 Å². The summed E-state index contributed by atoms with van der Waals surface area (Å²) in [5, 5.41) is 10.4. The average molecular weight is 306 g/mol. The lowest BCUT2D eigenvalue weighted by molar-refractivity contribution is 0.135. The maximum atomic E-state index is 6.08. The van der Waals surface area contributed by atoms with Gasteiger partial charge in [0.1, 0.15) is 5.60 Å². The molecular weight excluding hydrogens is 288 g/mol. The molecule has 2 aromatic carbocycles. The van der Waals surface area contributed by atoms with E-state index >= 15 is 0 Å². The van der Waals surface area contributed by atoms with Crippen LogP contribution in [-0.4, -0.2) is 15.8 Å². The summed E-state index contributed by atoms with van der Waals surface area (Å²) in [6.45, 7) is 6.11. The Bertz CT molecular complexity index is 903. The van der Waals surface area contributed by atoms with Crippen LogP contribution in [0.2, 0.25) is 0 Å². The van der Waals surface area contributed by atoms with Crippen LogP contribution in [0.4, 0.5) is 0 Å². The van der Waals surface area contributed by atoms with Crippen LogP contribution < -0.4 is 9.47 Å². The Morgan fingerprint density at radius 3 is 2.61 bits per heavy atom. The Labute approximate surface area is 135 Å². The topological polar surface area (TPSA) is 44.2 Å². The number of aromatic nitrogens is 2. The van der Waals surface area contributed by atoms with Crippen LogP contribution in [0.25, 0.3) is 10.8 Å². The van der Waals surface area contributed by atoms with Crippen molar-refractivity contribution in [2.75, 3.05) is 0 Å². The molecule has 0 saturated carbocycles. The highest BCUT2D eigenvalue weighted by molar-refractivity contribution is 5.88. The highest BCUT2D eigenvalue weighted by Gasteiger charge is 2.32. The SMILES string of the molecule is Cc1nnc(Oc2cccc3c2OC(C)(C)C3)c2ccccc12. The van der Waals surface area contributed by atoms with Gasteiger partial charge in [-0.1, -0.05) is 30.3 Å². The molecule has 0 aliphatic carbocycles. The van der Waals surface area contributed by atoms with Gasteiger partial charge in [0.05, 0.1) is 5.69 Å². The first-order valence-corrected chi connectivity index (χ1v) is 7.74. The third-order valence-electron chi connectivity index (χ3n) is 4.10. The van der Waals surface area contributed by atoms with Gasteiger partial charge in [-0.3, -0.25) is 0 Å². The maximum absolute atomic E-state index is 6.08. The van der Waals surface area contributed by atoms with Crippen molar-refractivity contribution in [3.8, 4) is 17.4 Å².